The van der Waals surface area contributed by atoms with E-state index in [4.69, 9.17) is 10.2 Å². The summed E-state index contributed by atoms with van der Waals surface area (Å²) in [4.78, 5) is 22.2. The summed E-state index contributed by atoms with van der Waals surface area (Å²) in [6.45, 7) is 5.62. The van der Waals surface area contributed by atoms with Crippen molar-refractivity contribution in [1.82, 2.24) is 5.06 Å². The lowest BCUT2D eigenvalue weighted by Gasteiger charge is -2.33. The quantitative estimate of drug-likeness (QED) is 0.723. The van der Waals surface area contributed by atoms with Gasteiger partial charge in [0.05, 0.1) is 22.2 Å². The summed E-state index contributed by atoms with van der Waals surface area (Å²) < 4.78 is 0. The van der Waals surface area contributed by atoms with E-state index in [0.717, 1.165) is 0 Å². The summed E-state index contributed by atoms with van der Waals surface area (Å²) in [6, 6.07) is 0. The lowest BCUT2D eigenvalue weighted by atomic mass is 9.90. The molecular weight excluding hydrogens is 214 g/mol. The van der Waals surface area contributed by atoms with Gasteiger partial charge in [-0.2, -0.15) is 0 Å². The maximum absolute atomic E-state index is 11.9. The number of hydrogen-bond donors (Lipinski definition) is 2. The molecule has 0 aromatic heterocycles. The predicted octanol–water partition coefficient (Wildman–Crippen LogP) is 0.671. The molecule has 0 bridgehead atoms. The number of hydroxylamine groups is 2. The number of aliphatic carboxylic acids is 2. The van der Waals surface area contributed by atoms with E-state index < -0.39 is 23.0 Å². The number of nitrogens with zero attached hydrogens (tertiary/aromatic N) is 1. The van der Waals surface area contributed by atoms with E-state index >= 15 is 0 Å². The Morgan fingerprint density at radius 3 is 1.38 bits per heavy atom. The van der Waals surface area contributed by atoms with Crippen LogP contribution in [0.5, 0.6) is 0 Å². The van der Waals surface area contributed by atoms with E-state index in [1.807, 2.05) is 0 Å². The third-order valence-corrected chi connectivity index (χ3v) is 2.92. The smallest absolute Gasteiger partial charge is 0.334 e. The highest BCUT2D eigenvalue weighted by Crippen LogP contribution is 2.44. The maximum Gasteiger partial charge on any atom is 0.334 e. The number of carbonyl (C=O) groups is 2. The fourth-order valence-corrected chi connectivity index (χ4v) is 2.25. The summed E-state index contributed by atoms with van der Waals surface area (Å²) >= 11 is 0. The average Bonchev–Trinajstić information content (AvgIpc) is 2.23. The Morgan fingerprint density at radius 1 is 0.938 bits per heavy atom. The van der Waals surface area contributed by atoms with E-state index in [0.29, 0.717) is 5.06 Å². The largest absolute Gasteiger partial charge is 0.478 e. The Morgan fingerprint density at radius 2 is 1.19 bits per heavy atom. The summed E-state index contributed by atoms with van der Waals surface area (Å²) in [5.41, 5.74) is -3.38. The first-order valence-electron chi connectivity index (χ1n) is 4.74. The molecule has 0 amide bonds. The fourth-order valence-electron chi connectivity index (χ4n) is 2.25. The van der Waals surface area contributed by atoms with Crippen LogP contribution < -0.4 is 0 Å². The summed E-state index contributed by atoms with van der Waals surface area (Å²) in [6.07, 6.45) is 0. The van der Waals surface area contributed by atoms with Crippen LogP contribution in [-0.2, 0) is 14.8 Å². The predicted molar refractivity (Wildman–Crippen MR) is 53.0 cm³/mol. The molecule has 1 radical (unpaired) electrons. The van der Waals surface area contributed by atoms with Crippen LogP contribution in [0, 0.1) is 0 Å². The van der Waals surface area contributed by atoms with Crippen LogP contribution in [0.2, 0.25) is 0 Å². The Labute approximate surface area is 92.7 Å². The highest BCUT2D eigenvalue weighted by molar-refractivity contribution is 6.03. The molecule has 0 saturated heterocycles. The van der Waals surface area contributed by atoms with Crippen molar-refractivity contribution in [3.63, 3.8) is 0 Å². The monoisotopic (exact) mass is 228 g/mol. The molecule has 6 nitrogen and oxygen atoms in total. The normalized spacial score (nSPS) is 23.6. The minimum atomic E-state index is -1.37. The summed E-state index contributed by atoms with van der Waals surface area (Å²) in [5.74, 6) is -2.73. The zero-order valence-electron chi connectivity index (χ0n) is 9.57. The van der Waals surface area contributed by atoms with E-state index in [2.05, 4.69) is 0 Å². The molecule has 1 rings (SSSR count). The highest BCUT2D eigenvalue weighted by atomic mass is 16.5. The molecule has 1 heterocycles. The molecule has 0 saturated carbocycles. The van der Waals surface area contributed by atoms with Crippen LogP contribution in [0.25, 0.3) is 0 Å². The van der Waals surface area contributed by atoms with Crippen LogP contribution in [0.15, 0.2) is 11.1 Å². The molecule has 1 aliphatic rings. The SMILES string of the molecule is CC1(C)C(C(=O)O)=C(C(=O)O)C(C)(C)N1[O]. The third kappa shape index (κ3) is 1.42. The van der Waals surface area contributed by atoms with Crippen molar-refractivity contribution in [2.45, 2.75) is 38.8 Å². The van der Waals surface area contributed by atoms with Crippen LogP contribution in [0.1, 0.15) is 27.7 Å². The van der Waals surface area contributed by atoms with E-state index in [-0.39, 0.29) is 11.1 Å². The number of rotatable bonds is 2. The number of hydrogen-bond acceptors (Lipinski definition) is 3. The van der Waals surface area contributed by atoms with E-state index in [9.17, 15) is 14.8 Å². The molecule has 6 heteroatoms. The zero-order valence-corrected chi connectivity index (χ0v) is 9.57. The Hall–Kier alpha value is -1.40. The van der Waals surface area contributed by atoms with Gasteiger partial charge in [0, 0.05) is 0 Å². The van der Waals surface area contributed by atoms with Gasteiger partial charge in [-0.05, 0) is 27.7 Å². The molecule has 0 spiro atoms. The van der Waals surface area contributed by atoms with Gasteiger partial charge >= 0.3 is 11.9 Å². The van der Waals surface area contributed by atoms with Gasteiger partial charge in [-0.25, -0.2) is 9.59 Å². The Bertz CT molecular complexity index is 358. The summed E-state index contributed by atoms with van der Waals surface area (Å²) in [5, 5.41) is 30.5. The first-order chi connectivity index (χ1) is 7.04. The summed E-state index contributed by atoms with van der Waals surface area (Å²) in [7, 11) is 0. The van der Waals surface area contributed by atoms with Crippen molar-refractivity contribution >= 4 is 11.9 Å². The highest BCUT2D eigenvalue weighted by Gasteiger charge is 2.56. The minimum absolute atomic E-state index is 0.347. The van der Waals surface area contributed by atoms with Gasteiger partial charge in [-0.3, -0.25) is 0 Å². The van der Waals surface area contributed by atoms with Gasteiger partial charge in [-0.1, -0.05) is 0 Å². The maximum atomic E-state index is 11.9. The van der Waals surface area contributed by atoms with Gasteiger partial charge in [-0.15, -0.1) is 10.3 Å². The molecule has 2 N–H and O–H groups in total. The van der Waals surface area contributed by atoms with Crippen molar-refractivity contribution in [3.8, 4) is 0 Å². The van der Waals surface area contributed by atoms with Crippen LogP contribution in [0.3, 0.4) is 0 Å². The molecule has 1 aliphatic heterocycles. The van der Waals surface area contributed by atoms with Gasteiger partial charge < -0.3 is 10.2 Å². The van der Waals surface area contributed by atoms with Gasteiger partial charge in [0.1, 0.15) is 0 Å². The molecule has 89 valence electrons. The van der Waals surface area contributed by atoms with Crippen molar-refractivity contribution in [2.75, 3.05) is 0 Å². The molecule has 0 aromatic carbocycles. The minimum Gasteiger partial charge on any atom is -0.478 e. The van der Waals surface area contributed by atoms with Crippen molar-refractivity contribution < 1.29 is 25.0 Å². The number of carboxylic acid groups (broad SMARTS) is 2. The second-order valence-corrected chi connectivity index (χ2v) is 4.77. The molecule has 0 aliphatic carbocycles. The van der Waals surface area contributed by atoms with E-state index in [1.165, 1.54) is 27.7 Å². The zero-order chi connectivity index (χ0) is 12.9. The second-order valence-electron chi connectivity index (χ2n) is 4.77. The van der Waals surface area contributed by atoms with Crippen LogP contribution in [0.4, 0.5) is 0 Å². The van der Waals surface area contributed by atoms with Crippen LogP contribution in [-0.4, -0.2) is 38.3 Å². The Kier molecular flexibility index (Phi) is 2.61. The van der Waals surface area contributed by atoms with Gasteiger partial charge in [0.15, 0.2) is 0 Å². The fraction of sp³-hybridized carbons (Fsp3) is 0.600. The molecule has 0 atom stereocenters. The molecule has 0 unspecified atom stereocenters. The molecule has 0 fully saturated rings. The lowest BCUT2D eigenvalue weighted by Crippen LogP contribution is -2.48. The second kappa shape index (κ2) is 3.29. The average molecular weight is 228 g/mol. The van der Waals surface area contributed by atoms with Gasteiger partial charge in [0.2, 0.25) is 0 Å². The first kappa shape index (κ1) is 12.7. The van der Waals surface area contributed by atoms with Crippen molar-refractivity contribution in [1.29, 1.82) is 0 Å². The molecule has 16 heavy (non-hydrogen) atoms. The van der Waals surface area contributed by atoms with Crippen LogP contribution >= 0.6 is 0 Å². The number of carboxylic acids is 2. The van der Waals surface area contributed by atoms with E-state index in [1.54, 1.807) is 0 Å². The van der Waals surface area contributed by atoms with Gasteiger partial charge in [0.25, 0.3) is 0 Å². The van der Waals surface area contributed by atoms with Crippen molar-refractivity contribution in [3.05, 3.63) is 11.1 Å². The third-order valence-electron chi connectivity index (χ3n) is 2.92. The lowest BCUT2D eigenvalue weighted by molar-refractivity contribution is -0.241. The standard InChI is InChI=1S/C10H14NO5/c1-9(2)5(7(12)13)6(8(14)15)10(3,4)11(9)16/h1-4H3,(H,12,13)(H,14,15). The molecular formula is C10H14NO5. The first-order valence-corrected chi connectivity index (χ1v) is 4.74. The topological polar surface area (TPSA) is 97.7 Å². The van der Waals surface area contributed by atoms with Crippen molar-refractivity contribution in [2.24, 2.45) is 0 Å². The Balaban J connectivity index is 3.58. The molecule has 0 aromatic rings.